The second kappa shape index (κ2) is 20.7. The molecule has 0 spiro atoms. The average Bonchev–Trinajstić information content (AvgIpc) is 3.25. The van der Waals surface area contributed by atoms with Gasteiger partial charge in [0.2, 0.25) is 5.75 Å². The summed E-state index contributed by atoms with van der Waals surface area (Å²) < 4.78 is 38.9. The van der Waals surface area contributed by atoms with Crippen molar-refractivity contribution in [2.75, 3.05) is 0 Å². The molecule has 76 heavy (non-hydrogen) atoms. The smallest absolute Gasteiger partial charge is 0.229 e. The van der Waals surface area contributed by atoms with Gasteiger partial charge in [-0.15, -0.1) is 9.79 Å². The van der Waals surface area contributed by atoms with Gasteiger partial charge in [0, 0.05) is 31.4 Å². The van der Waals surface area contributed by atoms with E-state index in [0.717, 1.165) is 66.8 Å². The van der Waals surface area contributed by atoms with E-state index in [1.807, 2.05) is 12.1 Å². The molecule has 0 bridgehead atoms. The van der Waals surface area contributed by atoms with E-state index in [4.69, 9.17) is 9.05 Å². The second-order valence-electron chi connectivity index (χ2n) is 29.4. The van der Waals surface area contributed by atoms with Crippen LogP contribution in [0, 0.1) is 0 Å². The Kier molecular flexibility index (Phi) is 16.4. The lowest BCUT2D eigenvalue weighted by Crippen LogP contribution is -2.20. The Morgan fingerprint density at radius 3 is 0.776 bits per heavy atom. The largest absolute Gasteiger partial charge is 0.747 e. The molecule has 6 aromatic rings. The van der Waals surface area contributed by atoms with Crippen molar-refractivity contribution >= 4 is 16.5 Å². The third kappa shape index (κ3) is 13.0. The van der Waals surface area contributed by atoms with Crippen molar-refractivity contribution in [3.8, 4) is 67.1 Å². The highest BCUT2D eigenvalue weighted by Crippen LogP contribution is 2.61. The minimum Gasteiger partial charge on any atom is -0.229 e. The molecule has 0 aromatic heterocycles. The number of hydrogen-bond acceptors (Lipinski definition) is 4. The van der Waals surface area contributed by atoms with Crippen LogP contribution in [0.4, 0.5) is 0 Å². The summed E-state index contributed by atoms with van der Waals surface area (Å²) in [6.07, 6.45) is 0. The molecule has 6 rings (SSSR count). The van der Waals surface area contributed by atoms with Gasteiger partial charge in [0.15, 0.2) is 5.75 Å². The summed E-state index contributed by atoms with van der Waals surface area (Å²) in [5.74, 6) is 0.570. The van der Waals surface area contributed by atoms with Crippen LogP contribution in [-0.2, 0) is 52.5 Å². The molecule has 406 valence electrons. The third-order valence-electron chi connectivity index (χ3n) is 14.8. The predicted octanol–water partition coefficient (Wildman–Crippen LogP) is 20.5. The molecule has 2 N–H and O–H groups in total. The molecule has 0 aliphatic heterocycles. The lowest BCUT2D eigenvalue weighted by Gasteiger charge is -2.35. The highest BCUT2D eigenvalue weighted by atomic mass is 31.1. The average molecular weight is 1070 g/mol. The SMILES string of the molecule is CC(C)(C)c1ccc(-c2c(O[P+](=O)O)c(-c3ccc(C(C)(C)C)cc3C(C)(C)C)c(-c3ccc(C(C)(C)C)cc3C(C)(C)C)c(-c3ccc(O[P+](=O)O)cc3)c2-c2ccc(C(C)(C)C)cc2C(C)(C)C)c(C(C)(C)C)c1. The van der Waals surface area contributed by atoms with E-state index in [-0.39, 0.29) is 27.4 Å². The summed E-state index contributed by atoms with van der Waals surface area (Å²) in [7, 11) is -6.21. The summed E-state index contributed by atoms with van der Waals surface area (Å²) >= 11 is 0. The standard InChI is InChI=1S/C68H88O6P2/c1-61(2,3)42-27-33-47(51(37-42)65(13,14)15)56-55(41-25-31-46(32-26-41)73-75(69)70)57(48-34-28-43(62(4,5)6)38-52(48)66(16,17)18)59(50-36-30-45(64(10,11)12)40-54(50)68(22,23)24)60(74-76(71)72)58(56)49-35-29-44(63(7,8)9)39-53(49)67(19,20)21/h25-40H,1-24H3/p+2. The van der Waals surface area contributed by atoms with Gasteiger partial charge in [-0.05, 0) is 133 Å². The highest BCUT2D eigenvalue weighted by molar-refractivity contribution is 7.32. The van der Waals surface area contributed by atoms with Crippen molar-refractivity contribution in [2.45, 2.75) is 209 Å². The minimum atomic E-state index is -3.27. The fourth-order valence-corrected chi connectivity index (χ4v) is 11.0. The Balaban J connectivity index is 2.21. The zero-order valence-electron chi connectivity index (χ0n) is 50.7. The molecule has 0 aliphatic rings. The van der Waals surface area contributed by atoms with Gasteiger partial charge < -0.3 is 0 Å². The van der Waals surface area contributed by atoms with Crippen LogP contribution >= 0.6 is 16.5 Å². The van der Waals surface area contributed by atoms with Gasteiger partial charge in [-0.25, -0.2) is 9.05 Å². The van der Waals surface area contributed by atoms with Crippen LogP contribution < -0.4 is 9.05 Å². The van der Waals surface area contributed by atoms with Gasteiger partial charge in [-0.3, -0.25) is 0 Å². The molecular formula is C68H90O6P2+2. The fraction of sp³-hybridized carbons (Fsp3) is 0.471. The summed E-state index contributed by atoms with van der Waals surface area (Å²) in [5, 5.41) is 0. The van der Waals surface area contributed by atoms with Gasteiger partial charge in [0.25, 0.3) is 0 Å². The van der Waals surface area contributed by atoms with E-state index in [1.54, 1.807) is 12.1 Å². The molecule has 2 atom stereocenters. The van der Waals surface area contributed by atoms with E-state index in [1.165, 1.54) is 22.3 Å². The summed E-state index contributed by atoms with van der Waals surface area (Å²) in [6, 6.07) is 34.7. The molecule has 8 heteroatoms. The first-order chi connectivity index (χ1) is 34.4. The molecule has 0 saturated carbocycles. The lowest BCUT2D eigenvalue weighted by molar-refractivity contribution is 0.409. The van der Waals surface area contributed by atoms with E-state index < -0.39 is 38.2 Å². The number of hydrogen-bond donors (Lipinski definition) is 2. The van der Waals surface area contributed by atoms with Crippen LogP contribution in [0.5, 0.6) is 11.5 Å². The maximum atomic E-state index is 14.3. The predicted molar refractivity (Wildman–Crippen MR) is 324 cm³/mol. The fourth-order valence-electron chi connectivity index (χ4n) is 10.4. The monoisotopic (exact) mass is 1060 g/mol. The molecule has 0 heterocycles. The Hall–Kier alpha value is -4.96. The maximum absolute atomic E-state index is 14.3. The summed E-state index contributed by atoms with van der Waals surface area (Å²) in [5.41, 5.74) is 15.1. The first-order valence-corrected chi connectivity index (χ1v) is 29.3. The Bertz CT molecular complexity index is 3010. The third-order valence-corrected chi connectivity index (χ3v) is 15.5. The lowest BCUT2D eigenvalue weighted by atomic mass is 9.68. The molecule has 0 aliphatic carbocycles. The minimum absolute atomic E-state index is 0.187. The molecule has 0 radical (unpaired) electrons. The molecule has 2 unspecified atom stereocenters. The van der Waals surface area contributed by atoms with Crippen molar-refractivity contribution in [1.82, 2.24) is 0 Å². The Morgan fingerprint density at radius 2 is 0.553 bits per heavy atom. The second-order valence-corrected chi connectivity index (χ2v) is 30.7. The first kappa shape index (κ1) is 60.3. The van der Waals surface area contributed by atoms with Crippen LogP contribution in [0.3, 0.4) is 0 Å². The van der Waals surface area contributed by atoms with Crippen LogP contribution in [0.1, 0.15) is 211 Å². The zero-order chi connectivity index (χ0) is 57.4. The van der Waals surface area contributed by atoms with E-state index >= 15 is 0 Å². The highest BCUT2D eigenvalue weighted by Gasteiger charge is 2.40. The van der Waals surface area contributed by atoms with E-state index in [0.29, 0.717) is 16.9 Å². The van der Waals surface area contributed by atoms with E-state index in [2.05, 4.69) is 239 Å². The zero-order valence-corrected chi connectivity index (χ0v) is 52.4. The van der Waals surface area contributed by atoms with Crippen LogP contribution in [0.25, 0.3) is 55.6 Å². The first-order valence-electron chi connectivity index (χ1n) is 27.1. The Labute approximate surface area is 460 Å². The number of benzene rings is 6. The number of rotatable bonds is 9. The van der Waals surface area contributed by atoms with Gasteiger partial charge in [0.1, 0.15) is 0 Å². The van der Waals surface area contributed by atoms with Gasteiger partial charge in [0.05, 0.1) is 0 Å². The van der Waals surface area contributed by atoms with Gasteiger partial charge >= 0.3 is 16.5 Å². The normalized spacial score (nSPS) is 13.7. The molecule has 0 saturated heterocycles. The molecule has 0 amide bonds. The molecule has 6 aromatic carbocycles. The van der Waals surface area contributed by atoms with Gasteiger partial charge in [-0.2, -0.15) is 0 Å². The molecule has 0 fully saturated rings. The van der Waals surface area contributed by atoms with Crippen LogP contribution in [0.2, 0.25) is 0 Å². The van der Waals surface area contributed by atoms with Crippen molar-refractivity contribution in [1.29, 1.82) is 0 Å². The summed E-state index contributed by atoms with van der Waals surface area (Å²) in [4.78, 5) is 21.7. The topological polar surface area (TPSA) is 93.1 Å². The van der Waals surface area contributed by atoms with Crippen molar-refractivity contribution in [3.63, 3.8) is 0 Å². The summed E-state index contributed by atoms with van der Waals surface area (Å²) in [6.45, 7) is 53.8. The maximum Gasteiger partial charge on any atom is 0.747 e. The Morgan fingerprint density at radius 1 is 0.303 bits per heavy atom. The van der Waals surface area contributed by atoms with Crippen LogP contribution in [0.15, 0.2) is 97.1 Å². The molecular weight excluding hydrogens is 975 g/mol. The van der Waals surface area contributed by atoms with Crippen LogP contribution in [-0.4, -0.2) is 9.79 Å². The van der Waals surface area contributed by atoms with E-state index in [9.17, 15) is 18.9 Å². The van der Waals surface area contributed by atoms with Crippen molar-refractivity contribution in [3.05, 3.63) is 142 Å². The van der Waals surface area contributed by atoms with Crippen molar-refractivity contribution in [2.24, 2.45) is 0 Å². The van der Waals surface area contributed by atoms with Crippen molar-refractivity contribution < 1.29 is 28.0 Å². The molecule has 6 nitrogen and oxygen atoms in total. The quantitative estimate of drug-likeness (QED) is 0.140. The van der Waals surface area contributed by atoms with Gasteiger partial charge in [-0.1, -0.05) is 251 Å².